The van der Waals surface area contributed by atoms with Crippen molar-refractivity contribution < 1.29 is 14.3 Å². The van der Waals surface area contributed by atoms with E-state index in [-0.39, 0.29) is 12.5 Å². The number of methoxy groups -OCH3 is 1. The van der Waals surface area contributed by atoms with E-state index < -0.39 is 0 Å². The predicted octanol–water partition coefficient (Wildman–Crippen LogP) is 5.05. The number of thiocarbonyl (C=S) groups is 1. The van der Waals surface area contributed by atoms with Crippen molar-refractivity contribution in [2.75, 3.05) is 32.1 Å². The molecule has 0 atom stereocenters. The number of carbonyl (C=O) groups is 1. The van der Waals surface area contributed by atoms with E-state index in [4.69, 9.17) is 33.3 Å². The Morgan fingerprint density at radius 3 is 2.72 bits per heavy atom. The highest BCUT2D eigenvalue weighted by Gasteiger charge is 2.20. The number of hydrogen-bond acceptors (Lipinski definition) is 4. The number of likely N-dealkylation sites (tertiary alicyclic amines) is 1. The number of benzene rings is 2. The first-order valence-electron chi connectivity index (χ1n) is 9.25. The van der Waals surface area contributed by atoms with Crippen LogP contribution < -0.4 is 14.8 Å². The molecule has 1 aliphatic rings. The second-order valence-electron chi connectivity index (χ2n) is 6.74. The van der Waals surface area contributed by atoms with Gasteiger partial charge in [-0.05, 0) is 72.2 Å². The van der Waals surface area contributed by atoms with Crippen molar-refractivity contribution in [2.45, 2.75) is 19.8 Å². The number of nitrogens with zero attached hydrogens (tertiary/aromatic N) is 1. The number of nitrogens with one attached hydrogen (secondary N) is 1. The van der Waals surface area contributed by atoms with Crippen LogP contribution in [-0.2, 0) is 4.79 Å². The Morgan fingerprint density at radius 1 is 1.31 bits per heavy atom. The van der Waals surface area contributed by atoms with Gasteiger partial charge in [0.2, 0.25) is 0 Å². The lowest BCUT2D eigenvalue weighted by molar-refractivity contribution is -0.118. The largest absolute Gasteiger partial charge is 0.493 e. The summed E-state index contributed by atoms with van der Waals surface area (Å²) in [4.78, 5) is 15.4. The first-order chi connectivity index (χ1) is 13.9. The van der Waals surface area contributed by atoms with E-state index in [2.05, 4.69) is 32.8 Å². The van der Waals surface area contributed by atoms with Crippen LogP contribution in [0.2, 0.25) is 5.02 Å². The monoisotopic (exact) mass is 544 g/mol. The SMILES string of the molecule is COc1cc(C(=S)N2CCCC2)cc(I)c1OCC(=O)Nc1cccc(Cl)c1C. The third-order valence-corrected chi connectivity index (χ3v) is 6.46. The van der Waals surface area contributed by atoms with E-state index in [1.807, 2.05) is 19.1 Å². The maximum atomic E-state index is 12.4. The Labute approximate surface area is 194 Å². The van der Waals surface area contributed by atoms with Gasteiger partial charge in [0.25, 0.3) is 5.91 Å². The molecule has 0 unspecified atom stereocenters. The fourth-order valence-electron chi connectivity index (χ4n) is 3.15. The molecule has 0 aromatic heterocycles. The second-order valence-corrected chi connectivity index (χ2v) is 8.69. The molecular weight excluding hydrogens is 523 g/mol. The van der Waals surface area contributed by atoms with Crippen LogP contribution in [-0.4, -0.2) is 42.6 Å². The molecule has 3 rings (SSSR count). The van der Waals surface area contributed by atoms with Crippen molar-refractivity contribution in [2.24, 2.45) is 0 Å². The Balaban J connectivity index is 1.70. The first kappa shape index (κ1) is 22.1. The lowest BCUT2D eigenvalue weighted by atomic mass is 10.2. The Kier molecular flexibility index (Phi) is 7.59. The Hall–Kier alpha value is -1.58. The van der Waals surface area contributed by atoms with Crippen LogP contribution in [0, 0.1) is 10.5 Å². The zero-order valence-electron chi connectivity index (χ0n) is 16.3. The summed E-state index contributed by atoms with van der Waals surface area (Å²) >= 11 is 13.9. The lowest BCUT2D eigenvalue weighted by Crippen LogP contribution is -2.26. The minimum absolute atomic E-state index is 0.145. The molecule has 0 bridgehead atoms. The number of ether oxygens (including phenoxy) is 2. The topological polar surface area (TPSA) is 50.8 Å². The minimum Gasteiger partial charge on any atom is -0.493 e. The maximum absolute atomic E-state index is 12.4. The van der Waals surface area contributed by atoms with Crippen molar-refractivity contribution >= 4 is 63.0 Å². The summed E-state index contributed by atoms with van der Waals surface area (Å²) in [6.45, 7) is 3.68. The quantitative estimate of drug-likeness (QED) is 0.407. The van der Waals surface area contributed by atoms with Crippen molar-refractivity contribution in [1.82, 2.24) is 4.90 Å². The molecule has 5 nitrogen and oxygen atoms in total. The molecule has 29 heavy (non-hydrogen) atoms. The molecule has 0 aliphatic carbocycles. The number of hydrogen-bond donors (Lipinski definition) is 1. The molecule has 1 amide bonds. The summed E-state index contributed by atoms with van der Waals surface area (Å²) in [5.74, 6) is 0.809. The number of rotatable bonds is 6. The van der Waals surface area contributed by atoms with Gasteiger partial charge in [-0.3, -0.25) is 4.79 Å². The Morgan fingerprint density at radius 2 is 2.03 bits per heavy atom. The van der Waals surface area contributed by atoms with Crippen LogP contribution in [0.5, 0.6) is 11.5 Å². The van der Waals surface area contributed by atoms with E-state index in [1.165, 1.54) is 0 Å². The van der Waals surface area contributed by atoms with Gasteiger partial charge in [-0.2, -0.15) is 0 Å². The zero-order chi connectivity index (χ0) is 21.0. The third kappa shape index (κ3) is 5.32. The standard InChI is InChI=1S/C21H22ClIN2O3S/c1-13-15(22)6-5-7-17(13)24-19(26)12-28-20-16(23)10-14(11-18(20)27-2)21(29)25-8-3-4-9-25/h5-7,10-11H,3-4,8-9,12H2,1-2H3,(H,24,26). The highest BCUT2D eigenvalue weighted by atomic mass is 127. The van der Waals surface area contributed by atoms with Crippen LogP contribution in [0.25, 0.3) is 0 Å². The smallest absolute Gasteiger partial charge is 0.262 e. The van der Waals surface area contributed by atoms with Crippen LogP contribution in [0.1, 0.15) is 24.0 Å². The van der Waals surface area contributed by atoms with Crippen molar-refractivity contribution in [1.29, 1.82) is 0 Å². The van der Waals surface area contributed by atoms with E-state index in [0.717, 1.165) is 45.6 Å². The normalized spacial score (nSPS) is 13.3. The molecule has 2 aromatic rings. The van der Waals surface area contributed by atoms with E-state index in [1.54, 1.807) is 25.3 Å². The van der Waals surface area contributed by atoms with Crippen LogP contribution in [0.4, 0.5) is 5.69 Å². The van der Waals surface area contributed by atoms with Gasteiger partial charge in [-0.25, -0.2) is 0 Å². The number of anilines is 1. The van der Waals surface area contributed by atoms with Crippen LogP contribution in [0.3, 0.4) is 0 Å². The average molecular weight is 545 g/mol. The van der Waals surface area contributed by atoms with Gasteiger partial charge in [0.1, 0.15) is 4.99 Å². The van der Waals surface area contributed by atoms with Crippen molar-refractivity contribution in [3.8, 4) is 11.5 Å². The van der Waals surface area contributed by atoms with Gasteiger partial charge in [0, 0.05) is 29.4 Å². The van der Waals surface area contributed by atoms with E-state index >= 15 is 0 Å². The highest BCUT2D eigenvalue weighted by molar-refractivity contribution is 14.1. The fraction of sp³-hybridized carbons (Fsp3) is 0.333. The Bertz CT molecular complexity index is 932. The molecule has 2 aromatic carbocycles. The summed E-state index contributed by atoms with van der Waals surface area (Å²) in [5.41, 5.74) is 2.41. The summed E-state index contributed by atoms with van der Waals surface area (Å²) in [5, 5.41) is 3.43. The van der Waals surface area contributed by atoms with Gasteiger partial charge < -0.3 is 19.7 Å². The minimum atomic E-state index is -0.273. The molecule has 0 radical (unpaired) electrons. The van der Waals surface area contributed by atoms with E-state index in [0.29, 0.717) is 22.2 Å². The number of amides is 1. The first-order valence-corrected chi connectivity index (χ1v) is 11.1. The molecular formula is C21H22ClIN2O3S. The number of carbonyl (C=O) groups excluding carboxylic acids is 1. The predicted molar refractivity (Wildman–Crippen MR) is 129 cm³/mol. The van der Waals surface area contributed by atoms with Gasteiger partial charge in [-0.15, -0.1) is 0 Å². The molecule has 0 saturated carbocycles. The number of halogens is 2. The van der Waals surface area contributed by atoms with Gasteiger partial charge in [-0.1, -0.05) is 29.9 Å². The van der Waals surface area contributed by atoms with Gasteiger partial charge in [0.15, 0.2) is 18.1 Å². The average Bonchev–Trinajstić information content (AvgIpc) is 3.24. The van der Waals surface area contributed by atoms with Gasteiger partial charge >= 0.3 is 0 Å². The maximum Gasteiger partial charge on any atom is 0.262 e. The van der Waals surface area contributed by atoms with Crippen LogP contribution in [0.15, 0.2) is 30.3 Å². The molecule has 1 saturated heterocycles. The molecule has 1 N–H and O–H groups in total. The van der Waals surface area contributed by atoms with Crippen molar-refractivity contribution in [3.05, 3.63) is 50.1 Å². The summed E-state index contributed by atoms with van der Waals surface area (Å²) < 4.78 is 12.1. The zero-order valence-corrected chi connectivity index (χ0v) is 20.0. The molecule has 1 heterocycles. The molecule has 154 valence electrons. The molecule has 1 fully saturated rings. The summed E-state index contributed by atoms with van der Waals surface area (Å²) in [7, 11) is 1.58. The highest BCUT2D eigenvalue weighted by Crippen LogP contribution is 2.35. The van der Waals surface area contributed by atoms with E-state index in [9.17, 15) is 4.79 Å². The third-order valence-electron chi connectivity index (χ3n) is 4.76. The van der Waals surface area contributed by atoms with Crippen molar-refractivity contribution in [3.63, 3.8) is 0 Å². The second kappa shape index (κ2) is 9.95. The fourth-order valence-corrected chi connectivity index (χ4v) is 4.39. The molecule has 8 heteroatoms. The van der Waals surface area contributed by atoms with Gasteiger partial charge in [0.05, 0.1) is 10.7 Å². The summed E-state index contributed by atoms with van der Waals surface area (Å²) in [6, 6.07) is 9.22. The van der Waals surface area contributed by atoms with Crippen LogP contribution >= 0.6 is 46.4 Å². The molecule has 1 aliphatic heterocycles. The molecule has 0 spiro atoms. The lowest BCUT2D eigenvalue weighted by Gasteiger charge is -2.20. The summed E-state index contributed by atoms with van der Waals surface area (Å²) in [6.07, 6.45) is 2.33.